The monoisotopic (exact) mass is 259 g/mol. The van der Waals surface area contributed by atoms with Crippen molar-refractivity contribution in [3.63, 3.8) is 0 Å². The number of carbonyl (C=O) groups excluding carboxylic acids is 1. The van der Waals surface area contributed by atoms with E-state index in [1.807, 2.05) is 31.2 Å². The van der Waals surface area contributed by atoms with Gasteiger partial charge in [-0.1, -0.05) is 6.92 Å². The zero-order valence-corrected chi connectivity index (χ0v) is 11.1. The molecule has 0 radical (unpaired) electrons. The van der Waals surface area contributed by atoms with Gasteiger partial charge in [-0.15, -0.1) is 0 Å². The van der Waals surface area contributed by atoms with Gasteiger partial charge in [-0.2, -0.15) is 5.10 Å². The summed E-state index contributed by atoms with van der Waals surface area (Å²) in [4.78, 5) is 12.0. The topological polar surface area (TPSA) is 67.0 Å². The summed E-state index contributed by atoms with van der Waals surface area (Å²) >= 11 is 0. The Labute approximate surface area is 112 Å². The molecule has 1 heterocycles. The van der Waals surface area contributed by atoms with Crippen molar-refractivity contribution in [3.05, 3.63) is 36.0 Å². The predicted molar refractivity (Wildman–Crippen MR) is 73.2 cm³/mol. The van der Waals surface area contributed by atoms with Gasteiger partial charge < -0.3 is 10.1 Å². The third kappa shape index (κ3) is 2.93. The fourth-order valence-electron chi connectivity index (χ4n) is 1.77. The number of carbonyl (C=O) groups is 1. The van der Waals surface area contributed by atoms with Gasteiger partial charge in [-0.25, -0.2) is 0 Å². The number of nitrogens with zero attached hydrogens (tertiary/aromatic N) is 1. The lowest BCUT2D eigenvalue weighted by Crippen LogP contribution is -2.24. The molecule has 2 aromatic rings. The Morgan fingerprint density at radius 2 is 2.11 bits per heavy atom. The molecule has 5 nitrogen and oxygen atoms in total. The lowest BCUT2D eigenvalue weighted by Gasteiger charge is -2.05. The first kappa shape index (κ1) is 13.1. The third-order valence-corrected chi connectivity index (χ3v) is 2.80. The van der Waals surface area contributed by atoms with E-state index in [4.69, 9.17) is 4.74 Å². The van der Waals surface area contributed by atoms with Gasteiger partial charge >= 0.3 is 0 Å². The number of benzene rings is 1. The molecule has 19 heavy (non-hydrogen) atoms. The molecule has 1 aromatic carbocycles. The first-order valence-corrected chi connectivity index (χ1v) is 6.22. The van der Waals surface area contributed by atoms with E-state index in [1.54, 1.807) is 13.3 Å². The maximum Gasteiger partial charge on any atom is 0.255 e. The summed E-state index contributed by atoms with van der Waals surface area (Å²) in [7, 11) is 1.62. The van der Waals surface area contributed by atoms with E-state index in [9.17, 15) is 4.79 Å². The first-order chi connectivity index (χ1) is 9.26. The van der Waals surface area contributed by atoms with Crippen LogP contribution in [0.25, 0.3) is 11.3 Å². The number of methoxy groups -OCH3 is 1. The maximum atomic E-state index is 12.0. The van der Waals surface area contributed by atoms with Gasteiger partial charge in [0.1, 0.15) is 5.75 Å². The molecule has 100 valence electrons. The summed E-state index contributed by atoms with van der Waals surface area (Å²) < 4.78 is 5.11. The van der Waals surface area contributed by atoms with E-state index < -0.39 is 0 Å². The fraction of sp³-hybridized carbons (Fsp3) is 0.286. The van der Waals surface area contributed by atoms with Crippen molar-refractivity contribution in [2.75, 3.05) is 13.7 Å². The van der Waals surface area contributed by atoms with Crippen molar-refractivity contribution >= 4 is 5.91 Å². The van der Waals surface area contributed by atoms with E-state index in [2.05, 4.69) is 15.5 Å². The molecule has 0 fully saturated rings. The van der Waals surface area contributed by atoms with Crippen LogP contribution in [0.3, 0.4) is 0 Å². The summed E-state index contributed by atoms with van der Waals surface area (Å²) in [6.45, 7) is 2.67. The van der Waals surface area contributed by atoms with E-state index in [0.717, 1.165) is 23.4 Å². The normalized spacial score (nSPS) is 10.2. The van der Waals surface area contributed by atoms with Crippen LogP contribution in [0.1, 0.15) is 23.7 Å². The number of hydrogen-bond acceptors (Lipinski definition) is 3. The number of amides is 1. The lowest BCUT2D eigenvalue weighted by molar-refractivity contribution is 0.0954. The van der Waals surface area contributed by atoms with Gasteiger partial charge in [0.2, 0.25) is 0 Å². The van der Waals surface area contributed by atoms with Crippen LogP contribution in [0.15, 0.2) is 30.5 Å². The van der Waals surface area contributed by atoms with Crippen LogP contribution in [-0.2, 0) is 0 Å². The molecule has 0 aliphatic carbocycles. The standard InChI is InChI=1S/C14H17N3O2/c1-3-8-15-14(18)12-9-16-17-13(12)10-4-6-11(19-2)7-5-10/h4-7,9H,3,8H2,1-2H3,(H,15,18)(H,16,17). The largest absolute Gasteiger partial charge is 0.497 e. The number of aromatic amines is 1. The Morgan fingerprint density at radius 1 is 1.37 bits per heavy atom. The van der Waals surface area contributed by atoms with Gasteiger partial charge in [0.05, 0.1) is 24.6 Å². The molecule has 5 heteroatoms. The van der Waals surface area contributed by atoms with E-state index >= 15 is 0 Å². The molecule has 0 spiro atoms. The highest BCUT2D eigenvalue weighted by atomic mass is 16.5. The number of aromatic nitrogens is 2. The van der Waals surface area contributed by atoms with Crippen molar-refractivity contribution in [2.45, 2.75) is 13.3 Å². The summed E-state index contributed by atoms with van der Waals surface area (Å²) in [5.41, 5.74) is 2.18. The van der Waals surface area contributed by atoms with E-state index in [1.165, 1.54) is 0 Å². The molecule has 0 aliphatic rings. The molecule has 0 bridgehead atoms. The molecule has 0 saturated carbocycles. The smallest absolute Gasteiger partial charge is 0.255 e. The average Bonchev–Trinajstić information content (AvgIpc) is 2.94. The summed E-state index contributed by atoms with van der Waals surface area (Å²) in [6.07, 6.45) is 2.45. The minimum absolute atomic E-state index is 0.110. The molecule has 1 aromatic heterocycles. The van der Waals surface area contributed by atoms with Gasteiger partial charge in [0, 0.05) is 12.1 Å². The molecule has 2 rings (SSSR count). The minimum Gasteiger partial charge on any atom is -0.497 e. The van der Waals surface area contributed by atoms with Gasteiger partial charge in [0.15, 0.2) is 0 Å². The molecule has 0 aliphatic heterocycles. The van der Waals surface area contributed by atoms with E-state index in [0.29, 0.717) is 12.1 Å². The third-order valence-electron chi connectivity index (χ3n) is 2.80. The maximum absolute atomic E-state index is 12.0. The number of H-pyrrole nitrogens is 1. The Balaban J connectivity index is 2.25. The SMILES string of the molecule is CCCNC(=O)c1cn[nH]c1-c1ccc(OC)cc1. The Bertz CT molecular complexity index is 546. The van der Waals surface area contributed by atoms with Crippen LogP contribution in [-0.4, -0.2) is 29.8 Å². The second kappa shape index (κ2) is 6.04. The highest BCUT2D eigenvalue weighted by Crippen LogP contribution is 2.23. The highest BCUT2D eigenvalue weighted by Gasteiger charge is 2.14. The molecule has 0 unspecified atom stereocenters. The lowest BCUT2D eigenvalue weighted by atomic mass is 10.1. The Morgan fingerprint density at radius 3 is 2.74 bits per heavy atom. The van der Waals surface area contributed by atoms with Crippen molar-refractivity contribution < 1.29 is 9.53 Å². The second-order valence-corrected chi connectivity index (χ2v) is 4.14. The predicted octanol–water partition coefficient (Wildman–Crippen LogP) is 2.23. The molecular weight excluding hydrogens is 242 g/mol. The Kier molecular flexibility index (Phi) is 4.18. The second-order valence-electron chi connectivity index (χ2n) is 4.14. The van der Waals surface area contributed by atoms with Crippen molar-refractivity contribution in [1.82, 2.24) is 15.5 Å². The van der Waals surface area contributed by atoms with Crippen molar-refractivity contribution in [2.24, 2.45) is 0 Å². The van der Waals surface area contributed by atoms with Crippen LogP contribution in [0, 0.1) is 0 Å². The molecular formula is C14H17N3O2. The van der Waals surface area contributed by atoms with Crippen LogP contribution in [0.2, 0.25) is 0 Å². The summed E-state index contributed by atoms with van der Waals surface area (Å²) in [6, 6.07) is 7.49. The minimum atomic E-state index is -0.110. The van der Waals surface area contributed by atoms with Crippen LogP contribution < -0.4 is 10.1 Å². The number of ether oxygens (including phenoxy) is 1. The summed E-state index contributed by atoms with van der Waals surface area (Å²) in [5, 5.41) is 9.66. The van der Waals surface area contributed by atoms with Gasteiger partial charge in [-0.3, -0.25) is 9.89 Å². The summed E-state index contributed by atoms with van der Waals surface area (Å²) in [5.74, 6) is 0.668. The number of rotatable bonds is 5. The Hall–Kier alpha value is -2.30. The molecule has 2 N–H and O–H groups in total. The average molecular weight is 259 g/mol. The first-order valence-electron chi connectivity index (χ1n) is 6.22. The number of hydrogen-bond donors (Lipinski definition) is 2. The quantitative estimate of drug-likeness (QED) is 0.865. The van der Waals surface area contributed by atoms with Crippen molar-refractivity contribution in [1.29, 1.82) is 0 Å². The van der Waals surface area contributed by atoms with Crippen molar-refractivity contribution in [3.8, 4) is 17.0 Å². The number of nitrogens with one attached hydrogen (secondary N) is 2. The van der Waals surface area contributed by atoms with Crippen LogP contribution >= 0.6 is 0 Å². The molecule has 1 amide bonds. The highest BCUT2D eigenvalue weighted by molar-refractivity contribution is 5.99. The molecule has 0 atom stereocenters. The van der Waals surface area contributed by atoms with Crippen LogP contribution in [0.4, 0.5) is 0 Å². The van der Waals surface area contributed by atoms with Crippen LogP contribution in [0.5, 0.6) is 5.75 Å². The zero-order valence-electron chi connectivity index (χ0n) is 11.1. The van der Waals surface area contributed by atoms with E-state index in [-0.39, 0.29) is 5.91 Å². The van der Waals surface area contributed by atoms with Gasteiger partial charge in [0.25, 0.3) is 5.91 Å². The molecule has 0 saturated heterocycles. The van der Waals surface area contributed by atoms with Gasteiger partial charge in [-0.05, 0) is 30.7 Å². The zero-order chi connectivity index (χ0) is 13.7. The fourth-order valence-corrected chi connectivity index (χ4v) is 1.77.